The third-order valence-corrected chi connectivity index (χ3v) is 6.58. The van der Waals surface area contributed by atoms with Crippen LogP contribution in [0.1, 0.15) is 26.3 Å². The molecule has 0 aromatic heterocycles. The Morgan fingerprint density at radius 3 is 2.31 bits per heavy atom. The number of hydrogen-bond acceptors (Lipinski definition) is 4. The Labute approximate surface area is 202 Å². The van der Waals surface area contributed by atoms with E-state index in [2.05, 4.69) is 21.2 Å². The number of para-hydroxylation sites is 1. The largest absolute Gasteiger partial charge is 0.352 e. The van der Waals surface area contributed by atoms with Crippen molar-refractivity contribution in [3.05, 3.63) is 63.6 Å². The van der Waals surface area contributed by atoms with Gasteiger partial charge >= 0.3 is 0 Å². The van der Waals surface area contributed by atoms with Crippen LogP contribution in [0.3, 0.4) is 0 Å². The summed E-state index contributed by atoms with van der Waals surface area (Å²) in [5.41, 5.74) is 0.993. The van der Waals surface area contributed by atoms with E-state index in [0.29, 0.717) is 0 Å². The molecule has 2 amide bonds. The van der Waals surface area contributed by atoms with Gasteiger partial charge in [-0.1, -0.05) is 51.8 Å². The minimum atomic E-state index is -3.82. The van der Waals surface area contributed by atoms with Crippen molar-refractivity contribution in [3.63, 3.8) is 0 Å². The molecular weight excluding hydrogens is 518 g/mol. The van der Waals surface area contributed by atoms with E-state index in [9.17, 15) is 18.0 Å². The van der Waals surface area contributed by atoms with Gasteiger partial charge in [0, 0.05) is 17.1 Å². The molecule has 174 valence electrons. The molecule has 7 nitrogen and oxygen atoms in total. The molecule has 0 aliphatic rings. The zero-order valence-electron chi connectivity index (χ0n) is 18.4. The quantitative estimate of drug-likeness (QED) is 0.520. The summed E-state index contributed by atoms with van der Waals surface area (Å²) in [4.78, 5) is 27.5. The summed E-state index contributed by atoms with van der Waals surface area (Å²) in [6, 6.07) is 12.8. The molecule has 1 atom stereocenters. The zero-order valence-corrected chi connectivity index (χ0v) is 21.5. The molecule has 2 aromatic rings. The smallest absolute Gasteiger partial charge is 0.244 e. The van der Waals surface area contributed by atoms with Crippen LogP contribution in [0.25, 0.3) is 0 Å². The fourth-order valence-corrected chi connectivity index (χ4v) is 4.66. The fraction of sp³-hybridized carbons (Fsp3) is 0.364. The molecule has 0 saturated carbocycles. The van der Waals surface area contributed by atoms with E-state index in [1.165, 1.54) is 11.0 Å². The monoisotopic (exact) mass is 543 g/mol. The van der Waals surface area contributed by atoms with E-state index in [-0.39, 0.29) is 29.2 Å². The van der Waals surface area contributed by atoms with Crippen LogP contribution in [0, 0.1) is 0 Å². The lowest BCUT2D eigenvalue weighted by atomic mass is 10.1. The number of benzene rings is 2. The number of nitrogens with zero attached hydrogens (tertiary/aromatic N) is 2. The lowest BCUT2D eigenvalue weighted by Crippen LogP contribution is -2.52. The number of amides is 2. The summed E-state index contributed by atoms with van der Waals surface area (Å²) >= 11 is 9.61. The summed E-state index contributed by atoms with van der Waals surface area (Å²) in [6.45, 7) is 4.91. The Kier molecular flexibility index (Phi) is 9.12. The van der Waals surface area contributed by atoms with Crippen molar-refractivity contribution in [2.24, 2.45) is 0 Å². The molecule has 0 spiro atoms. The zero-order chi connectivity index (χ0) is 24.1. The second kappa shape index (κ2) is 11.2. The molecule has 0 saturated heterocycles. The van der Waals surface area contributed by atoms with Gasteiger partial charge < -0.3 is 10.2 Å². The maximum atomic E-state index is 13.4. The lowest BCUT2D eigenvalue weighted by Gasteiger charge is -2.32. The molecule has 0 aliphatic carbocycles. The first-order valence-corrected chi connectivity index (χ1v) is 13.0. The first kappa shape index (κ1) is 26.2. The number of sulfonamides is 1. The van der Waals surface area contributed by atoms with Crippen molar-refractivity contribution >= 4 is 55.1 Å². The predicted molar refractivity (Wildman–Crippen MR) is 131 cm³/mol. The van der Waals surface area contributed by atoms with Crippen molar-refractivity contribution in [3.8, 4) is 0 Å². The first-order chi connectivity index (χ1) is 14.9. The van der Waals surface area contributed by atoms with E-state index in [1.54, 1.807) is 25.1 Å². The molecule has 10 heteroatoms. The molecule has 0 fully saturated rings. The average Bonchev–Trinajstić information content (AvgIpc) is 2.69. The fourth-order valence-electron chi connectivity index (χ4n) is 3.07. The molecule has 1 unspecified atom stereocenters. The third-order valence-electron chi connectivity index (χ3n) is 4.64. The maximum Gasteiger partial charge on any atom is 0.244 e. The van der Waals surface area contributed by atoms with Gasteiger partial charge in [0.25, 0.3) is 0 Å². The average molecular weight is 545 g/mol. The molecule has 0 radical (unpaired) electrons. The van der Waals surface area contributed by atoms with Gasteiger partial charge in [0.1, 0.15) is 12.6 Å². The van der Waals surface area contributed by atoms with Crippen LogP contribution in [-0.4, -0.2) is 50.0 Å². The number of rotatable bonds is 9. The summed E-state index contributed by atoms with van der Waals surface area (Å²) in [6.07, 6.45) is 1.01. The highest BCUT2D eigenvalue weighted by molar-refractivity contribution is 9.10. The maximum absolute atomic E-state index is 13.4. The minimum absolute atomic E-state index is 0.108. The highest BCUT2D eigenvalue weighted by atomic mass is 79.9. The number of anilines is 1. The molecular formula is C22H27BrClN3O4S. The van der Waals surface area contributed by atoms with Gasteiger partial charge in [-0.3, -0.25) is 13.9 Å². The number of halogens is 2. The summed E-state index contributed by atoms with van der Waals surface area (Å²) in [5, 5.41) is 3.01. The van der Waals surface area contributed by atoms with E-state index in [0.717, 1.165) is 20.6 Å². The van der Waals surface area contributed by atoms with Crippen molar-refractivity contribution < 1.29 is 18.0 Å². The van der Waals surface area contributed by atoms with Crippen molar-refractivity contribution in [1.82, 2.24) is 10.2 Å². The topological polar surface area (TPSA) is 86.8 Å². The first-order valence-electron chi connectivity index (χ1n) is 9.96. The molecule has 32 heavy (non-hydrogen) atoms. The van der Waals surface area contributed by atoms with E-state index in [4.69, 9.17) is 11.6 Å². The standard InChI is InChI=1S/C22H27BrClN3O4S/c1-15(2)25-22(29)16(3)26(13-17-8-7-9-18(23)12-17)21(28)14-27(32(4,30)31)20-11-6-5-10-19(20)24/h5-12,15-16H,13-14H2,1-4H3,(H,25,29). The number of nitrogens with one attached hydrogen (secondary N) is 1. The van der Waals surface area contributed by atoms with Crippen molar-refractivity contribution in [2.75, 3.05) is 17.1 Å². The Bertz CT molecular complexity index is 1080. The van der Waals surface area contributed by atoms with Crippen LogP contribution in [0.2, 0.25) is 5.02 Å². The van der Waals surface area contributed by atoms with Gasteiger partial charge in [-0.15, -0.1) is 0 Å². The van der Waals surface area contributed by atoms with Crippen LogP contribution in [-0.2, 0) is 26.2 Å². The summed E-state index contributed by atoms with van der Waals surface area (Å²) in [7, 11) is -3.82. The molecule has 0 heterocycles. The molecule has 2 aromatic carbocycles. The van der Waals surface area contributed by atoms with Crippen LogP contribution in [0.15, 0.2) is 53.0 Å². The summed E-state index contributed by atoms with van der Waals surface area (Å²) < 4.78 is 26.8. The predicted octanol–water partition coefficient (Wildman–Crippen LogP) is 3.81. The van der Waals surface area contributed by atoms with E-state index >= 15 is 0 Å². The summed E-state index contributed by atoms with van der Waals surface area (Å²) in [5.74, 6) is -0.853. The second-order valence-corrected chi connectivity index (χ2v) is 10.9. The van der Waals surface area contributed by atoms with Gasteiger partial charge in [-0.25, -0.2) is 8.42 Å². The molecule has 2 rings (SSSR count). The van der Waals surface area contributed by atoms with Crippen molar-refractivity contribution in [1.29, 1.82) is 0 Å². The normalized spacial score (nSPS) is 12.3. The van der Waals surface area contributed by atoms with Crippen LogP contribution in [0.4, 0.5) is 5.69 Å². The number of carbonyl (C=O) groups excluding carboxylic acids is 2. The van der Waals surface area contributed by atoms with Crippen LogP contribution >= 0.6 is 27.5 Å². The van der Waals surface area contributed by atoms with E-state index < -0.39 is 28.5 Å². The number of carbonyl (C=O) groups is 2. The Morgan fingerprint density at radius 2 is 1.75 bits per heavy atom. The van der Waals surface area contributed by atoms with Crippen molar-refractivity contribution in [2.45, 2.75) is 39.4 Å². The Morgan fingerprint density at radius 1 is 1.09 bits per heavy atom. The van der Waals surface area contributed by atoms with Gasteiger partial charge in [0.2, 0.25) is 21.8 Å². The van der Waals surface area contributed by atoms with Crippen LogP contribution in [0.5, 0.6) is 0 Å². The van der Waals surface area contributed by atoms with Gasteiger partial charge in [-0.2, -0.15) is 0 Å². The Hall–Kier alpha value is -2.10. The van der Waals surface area contributed by atoms with Gasteiger partial charge in [0.05, 0.1) is 17.0 Å². The second-order valence-electron chi connectivity index (χ2n) is 7.71. The van der Waals surface area contributed by atoms with Crippen LogP contribution < -0.4 is 9.62 Å². The van der Waals surface area contributed by atoms with E-state index in [1.807, 2.05) is 38.1 Å². The van der Waals surface area contributed by atoms with Gasteiger partial charge in [-0.05, 0) is 50.6 Å². The SMILES string of the molecule is CC(C)NC(=O)C(C)N(Cc1cccc(Br)c1)C(=O)CN(c1ccccc1Cl)S(C)(=O)=O. The molecule has 0 aliphatic heterocycles. The Balaban J connectivity index is 2.40. The highest BCUT2D eigenvalue weighted by Crippen LogP contribution is 2.27. The molecule has 1 N–H and O–H groups in total. The lowest BCUT2D eigenvalue weighted by molar-refractivity contribution is -0.139. The highest BCUT2D eigenvalue weighted by Gasteiger charge is 2.30. The third kappa shape index (κ3) is 7.21. The minimum Gasteiger partial charge on any atom is -0.352 e. The molecule has 0 bridgehead atoms. The van der Waals surface area contributed by atoms with Gasteiger partial charge in [0.15, 0.2) is 0 Å². The number of hydrogen-bond donors (Lipinski definition) is 1.